The molecule has 35 heavy (non-hydrogen) atoms. The van der Waals surface area contributed by atoms with Gasteiger partial charge in [0.2, 0.25) is 5.91 Å². The van der Waals surface area contributed by atoms with E-state index < -0.39 is 17.7 Å². The van der Waals surface area contributed by atoms with Crippen LogP contribution in [0.4, 0.5) is 4.79 Å². The largest absolute Gasteiger partial charge is 0.508 e. The van der Waals surface area contributed by atoms with Gasteiger partial charge in [-0.2, -0.15) is 0 Å². The van der Waals surface area contributed by atoms with Gasteiger partial charge < -0.3 is 35.6 Å². The number of aromatic amines is 2. The van der Waals surface area contributed by atoms with E-state index in [4.69, 9.17) is 4.74 Å². The van der Waals surface area contributed by atoms with E-state index in [1.807, 2.05) is 6.20 Å². The van der Waals surface area contributed by atoms with Gasteiger partial charge in [0.25, 0.3) is 0 Å². The Morgan fingerprint density at radius 3 is 2.11 bits per heavy atom. The molecule has 1 unspecified atom stereocenters. The summed E-state index contributed by atoms with van der Waals surface area (Å²) in [7, 11) is 0. The molecule has 2 heterocycles. The van der Waals surface area contributed by atoms with Crippen LogP contribution >= 0.6 is 0 Å². The van der Waals surface area contributed by atoms with Crippen LogP contribution in [-0.2, 0) is 22.4 Å². The SMILES string of the molecule is CC(C)(C)OC(=O)NC(Cc1c[nH]c2ccc(O)cc12)C(=O)NCCc1c[nH]c2ccc(O)cc12. The normalized spacial score (nSPS) is 12.5. The number of phenolic OH excluding ortho intramolecular Hbond substituents is 2. The highest BCUT2D eigenvalue weighted by Crippen LogP contribution is 2.25. The van der Waals surface area contributed by atoms with E-state index in [-0.39, 0.29) is 23.8 Å². The fraction of sp³-hybridized carbons (Fsp3) is 0.308. The van der Waals surface area contributed by atoms with Crippen LogP contribution < -0.4 is 10.6 Å². The number of carbonyl (C=O) groups excluding carboxylic acids is 2. The lowest BCUT2D eigenvalue weighted by atomic mass is 10.0. The van der Waals surface area contributed by atoms with Crippen LogP contribution in [0.3, 0.4) is 0 Å². The Balaban J connectivity index is 1.48. The van der Waals surface area contributed by atoms with Gasteiger partial charge in [0.15, 0.2) is 0 Å². The molecule has 0 radical (unpaired) electrons. The van der Waals surface area contributed by atoms with E-state index in [9.17, 15) is 19.8 Å². The van der Waals surface area contributed by atoms with Gasteiger partial charge in [-0.25, -0.2) is 4.79 Å². The minimum absolute atomic E-state index is 0.115. The van der Waals surface area contributed by atoms with Gasteiger partial charge in [0, 0.05) is 47.2 Å². The number of nitrogens with one attached hydrogen (secondary N) is 4. The molecule has 9 nitrogen and oxygen atoms in total. The standard InChI is InChI=1S/C26H30N4O5/c1-26(2,3)35-25(34)30-23(10-16-14-29-22-7-5-18(32)12-20(16)22)24(33)27-9-8-15-13-28-21-6-4-17(31)11-19(15)21/h4-7,11-14,23,28-29,31-32H,8-10H2,1-3H3,(H,27,33)(H,30,34). The summed E-state index contributed by atoms with van der Waals surface area (Å²) >= 11 is 0. The average molecular weight is 479 g/mol. The minimum Gasteiger partial charge on any atom is -0.508 e. The summed E-state index contributed by atoms with van der Waals surface area (Å²) in [6.07, 6.45) is 3.67. The van der Waals surface area contributed by atoms with E-state index in [2.05, 4.69) is 20.6 Å². The van der Waals surface area contributed by atoms with Gasteiger partial charge in [-0.1, -0.05) is 0 Å². The van der Waals surface area contributed by atoms with Crippen molar-refractivity contribution < 1.29 is 24.5 Å². The van der Waals surface area contributed by atoms with E-state index in [0.29, 0.717) is 13.0 Å². The Labute approximate surface area is 202 Å². The van der Waals surface area contributed by atoms with Crippen LogP contribution in [-0.4, -0.2) is 50.4 Å². The van der Waals surface area contributed by atoms with Crippen molar-refractivity contribution in [3.05, 3.63) is 59.9 Å². The second kappa shape index (κ2) is 9.61. The second-order valence-electron chi connectivity index (χ2n) is 9.53. The maximum Gasteiger partial charge on any atom is 0.408 e. The first kappa shape index (κ1) is 24.0. The number of rotatable bonds is 7. The Kier molecular flexibility index (Phi) is 6.59. The first-order valence-corrected chi connectivity index (χ1v) is 11.4. The summed E-state index contributed by atoms with van der Waals surface area (Å²) < 4.78 is 5.36. The van der Waals surface area contributed by atoms with Crippen molar-refractivity contribution in [2.24, 2.45) is 0 Å². The highest BCUT2D eigenvalue weighted by molar-refractivity contribution is 5.89. The van der Waals surface area contributed by atoms with Crippen LogP contribution in [0, 0.1) is 0 Å². The fourth-order valence-corrected chi connectivity index (χ4v) is 4.03. The van der Waals surface area contributed by atoms with Crippen LogP contribution in [0.5, 0.6) is 11.5 Å². The van der Waals surface area contributed by atoms with Crippen LogP contribution in [0.1, 0.15) is 31.9 Å². The first-order chi connectivity index (χ1) is 16.6. The number of hydrogen-bond donors (Lipinski definition) is 6. The van der Waals surface area contributed by atoms with Crippen molar-refractivity contribution in [2.75, 3.05) is 6.54 Å². The Hall–Kier alpha value is -4.14. The minimum atomic E-state index is -0.891. The van der Waals surface area contributed by atoms with Gasteiger partial charge in [0.1, 0.15) is 23.1 Å². The number of alkyl carbamates (subject to hydrolysis) is 1. The molecule has 6 N–H and O–H groups in total. The molecule has 0 saturated heterocycles. The maximum absolute atomic E-state index is 13.1. The molecule has 0 spiro atoms. The van der Waals surface area contributed by atoms with Crippen LogP contribution in [0.25, 0.3) is 21.8 Å². The highest BCUT2D eigenvalue weighted by atomic mass is 16.6. The van der Waals surface area contributed by atoms with Crippen molar-refractivity contribution in [1.29, 1.82) is 0 Å². The molecule has 1 atom stereocenters. The maximum atomic E-state index is 13.1. The third-order valence-electron chi connectivity index (χ3n) is 5.63. The molecule has 0 aliphatic heterocycles. The van der Waals surface area contributed by atoms with E-state index in [0.717, 1.165) is 32.9 Å². The van der Waals surface area contributed by atoms with Crippen LogP contribution in [0.2, 0.25) is 0 Å². The molecule has 184 valence electrons. The summed E-state index contributed by atoms with van der Waals surface area (Å²) in [6, 6.07) is 9.16. The van der Waals surface area contributed by atoms with Gasteiger partial charge >= 0.3 is 6.09 Å². The highest BCUT2D eigenvalue weighted by Gasteiger charge is 2.25. The molecule has 0 aliphatic rings. The number of H-pyrrole nitrogens is 2. The van der Waals surface area contributed by atoms with Crippen molar-refractivity contribution in [3.8, 4) is 11.5 Å². The quantitative estimate of drug-likeness (QED) is 0.239. The number of aromatic nitrogens is 2. The summed E-state index contributed by atoms with van der Waals surface area (Å²) in [4.78, 5) is 31.9. The topological polar surface area (TPSA) is 139 Å². The van der Waals surface area contributed by atoms with Crippen molar-refractivity contribution in [3.63, 3.8) is 0 Å². The van der Waals surface area contributed by atoms with Gasteiger partial charge in [0.05, 0.1) is 0 Å². The van der Waals surface area contributed by atoms with E-state index >= 15 is 0 Å². The molecule has 0 aliphatic carbocycles. The molecule has 4 aromatic rings. The Morgan fingerprint density at radius 1 is 0.943 bits per heavy atom. The summed E-state index contributed by atoms with van der Waals surface area (Å²) in [6.45, 7) is 5.60. The summed E-state index contributed by atoms with van der Waals surface area (Å²) in [5.41, 5.74) is 2.74. The number of amides is 2. The zero-order valence-electron chi connectivity index (χ0n) is 19.9. The predicted octanol–water partition coefficient (Wildman–Crippen LogP) is 3.86. The molecule has 2 amide bonds. The number of aromatic hydroxyl groups is 2. The molecule has 0 bridgehead atoms. The average Bonchev–Trinajstić information content (AvgIpc) is 3.35. The molecule has 2 aromatic heterocycles. The monoisotopic (exact) mass is 478 g/mol. The van der Waals surface area contributed by atoms with Gasteiger partial charge in [-0.15, -0.1) is 0 Å². The van der Waals surface area contributed by atoms with Crippen LogP contribution in [0.15, 0.2) is 48.8 Å². The lowest BCUT2D eigenvalue weighted by molar-refractivity contribution is -0.123. The van der Waals surface area contributed by atoms with Gasteiger partial charge in [-0.05, 0) is 74.7 Å². The number of benzene rings is 2. The van der Waals surface area contributed by atoms with Crippen molar-refractivity contribution in [2.45, 2.75) is 45.3 Å². The van der Waals surface area contributed by atoms with E-state index in [1.54, 1.807) is 63.4 Å². The molecule has 4 rings (SSSR count). The lowest BCUT2D eigenvalue weighted by Crippen LogP contribution is -2.49. The number of carbonyl (C=O) groups is 2. The summed E-state index contributed by atoms with van der Waals surface area (Å²) in [5.74, 6) is -0.0638. The number of hydrogen-bond acceptors (Lipinski definition) is 5. The third-order valence-corrected chi connectivity index (χ3v) is 5.63. The molecule has 2 aromatic carbocycles. The lowest BCUT2D eigenvalue weighted by Gasteiger charge is -2.23. The second-order valence-corrected chi connectivity index (χ2v) is 9.53. The zero-order valence-corrected chi connectivity index (χ0v) is 19.9. The number of fused-ring (bicyclic) bond motifs is 2. The molecule has 0 saturated carbocycles. The van der Waals surface area contributed by atoms with Crippen molar-refractivity contribution in [1.82, 2.24) is 20.6 Å². The Morgan fingerprint density at radius 2 is 1.51 bits per heavy atom. The van der Waals surface area contributed by atoms with Gasteiger partial charge in [-0.3, -0.25) is 4.79 Å². The molecule has 9 heteroatoms. The number of ether oxygens (including phenoxy) is 1. The Bertz CT molecular complexity index is 1370. The fourth-order valence-electron chi connectivity index (χ4n) is 4.03. The molecular weight excluding hydrogens is 448 g/mol. The smallest absolute Gasteiger partial charge is 0.408 e. The first-order valence-electron chi connectivity index (χ1n) is 11.4. The van der Waals surface area contributed by atoms with Crippen molar-refractivity contribution >= 4 is 33.8 Å². The zero-order chi connectivity index (χ0) is 25.2. The number of phenols is 2. The predicted molar refractivity (Wildman–Crippen MR) is 134 cm³/mol. The summed E-state index contributed by atoms with van der Waals surface area (Å²) in [5, 5.41) is 26.9. The van der Waals surface area contributed by atoms with E-state index in [1.165, 1.54) is 0 Å². The molecule has 0 fully saturated rings. The third kappa shape index (κ3) is 5.87. The molecular formula is C26H30N4O5.